The number of benzene rings is 1. The quantitative estimate of drug-likeness (QED) is 0.744. The minimum absolute atomic E-state index is 0.0240. The summed E-state index contributed by atoms with van der Waals surface area (Å²) >= 11 is 8.91. The van der Waals surface area contributed by atoms with Gasteiger partial charge < -0.3 is 4.90 Å². The van der Waals surface area contributed by atoms with Gasteiger partial charge in [-0.2, -0.15) is 13.2 Å². The summed E-state index contributed by atoms with van der Waals surface area (Å²) in [5.74, 6) is -0.682. The van der Waals surface area contributed by atoms with Crippen molar-refractivity contribution < 1.29 is 18.0 Å². The van der Waals surface area contributed by atoms with Crippen molar-refractivity contribution >= 4 is 33.4 Å². The molecule has 0 heterocycles. The second-order valence-corrected chi connectivity index (χ2v) is 5.20. The lowest BCUT2D eigenvalue weighted by atomic mass is 10.1. The van der Waals surface area contributed by atoms with Gasteiger partial charge in [0.05, 0.1) is 0 Å². The van der Waals surface area contributed by atoms with Crippen LogP contribution in [0.5, 0.6) is 0 Å². The number of hydrogen-bond acceptors (Lipinski definition) is 1. The van der Waals surface area contributed by atoms with Crippen LogP contribution in [0.2, 0.25) is 5.02 Å². The standard InChI is InChI=1S/C12H12BrClF3NO/c1-8-2-3-9(6-10(8)14)11(19)18(5-4-13)7-12(15,16)17/h2-3,6H,4-5,7H2,1H3. The third-order valence-electron chi connectivity index (χ3n) is 2.43. The summed E-state index contributed by atoms with van der Waals surface area (Å²) in [6, 6.07) is 4.47. The van der Waals surface area contributed by atoms with Gasteiger partial charge in [0.15, 0.2) is 0 Å². The molecule has 0 N–H and O–H groups in total. The van der Waals surface area contributed by atoms with Crippen molar-refractivity contribution in [3.63, 3.8) is 0 Å². The maximum Gasteiger partial charge on any atom is 0.406 e. The molecule has 2 nitrogen and oxygen atoms in total. The lowest BCUT2D eigenvalue weighted by Crippen LogP contribution is -2.40. The number of amides is 1. The van der Waals surface area contributed by atoms with E-state index >= 15 is 0 Å². The molecule has 1 aromatic rings. The van der Waals surface area contributed by atoms with Crippen molar-refractivity contribution in [2.75, 3.05) is 18.4 Å². The van der Waals surface area contributed by atoms with Crippen LogP contribution in [0.15, 0.2) is 18.2 Å². The molecule has 0 unspecified atom stereocenters. The van der Waals surface area contributed by atoms with Crippen molar-refractivity contribution in [3.05, 3.63) is 34.3 Å². The Bertz CT molecular complexity index is 465. The molecule has 0 fully saturated rings. The summed E-state index contributed by atoms with van der Waals surface area (Å²) in [5, 5.41) is 0.630. The minimum atomic E-state index is -4.42. The van der Waals surface area contributed by atoms with Crippen LogP contribution in [-0.4, -0.2) is 35.4 Å². The van der Waals surface area contributed by atoms with E-state index in [1.165, 1.54) is 12.1 Å². The second-order valence-electron chi connectivity index (χ2n) is 3.99. The fourth-order valence-electron chi connectivity index (χ4n) is 1.48. The Balaban J connectivity index is 2.95. The Kier molecular flexibility index (Phi) is 5.67. The zero-order chi connectivity index (χ0) is 14.6. The molecule has 7 heteroatoms. The zero-order valence-electron chi connectivity index (χ0n) is 10.1. The summed E-state index contributed by atoms with van der Waals surface area (Å²) in [5.41, 5.74) is 0.918. The number of nitrogens with zero attached hydrogens (tertiary/aromatic N) is 1. The molecule has 0 radical (unpaired) electrons. The Morgan fingerprint density at radius 3 is 2.53 bits per heavy atom. The number of carbonyl (C=O) groups excluding carboxylic acids is 1. The van der Waals surface area contributed by atoms with E-state index in [9.17, 15) is 18.0 Å². The molecule has 1 amide bonds. The predicted octanol–water partition coefficient (Wildman–Crippen LogP) is 4.05. The first-order valence-electron chi connectivity index (χ1n) is 5.42. The molecule has 1 rings (SSSR count). The fourth-order valence-corrected chi connectivity index (χ4v) is 2.09. The first-order valence-corrected chi connectivity index (χ1v) is 6.92. The smallest absolute Gasteiger partial charge is 0.329 e. The van der Waals surface area contributed by atoms with Crippen LogP contribution >= 0.6 is 27.5 Å². The average molecular weight is 359 g/mol. The molecule has 0 aliphatic carbocycles. The van der Waals surface area contributed by atoms with Gasteiger partial charge in [0, 0.05) is 22.5 Å². The lowest BCUT2D eigenvalue weighted by Gasteiger charge is -2.23. The predicted molar refractivity (Wildman–Crippen MR) is 71.9 cm³/mol. The van der Waals surface area contributed by atoms with Gasteiger partial charge in [-0.3, -0.25) is 4.79 Å². The highest BCUT2D eigenvalue weighted by molar-refractivity contribution is 9.09. The molecule has 0 aliphatic rings. The van der Waals surface area contributed by atoms with Gasteiger partial charge in [0.1, 0.15) is 6.54 Å². The van der Waals surface area contributed by atoms with E-state index in [1.807, 2.05) is 0 Å². The van der Waals surface area contributed by atoms with Gasteiger partial charge in [-0.1, -0.05) is 33.6 Å². The molecule has 0 atom stereocenters. The van der Waals surface area contributed by atoms with Crippen LogP contribution in [0.3, 0.4) is 0 Å². The van der Waals surface area contributed by atoms with E-state index in [1.54, 1.807) is 13.0 Å². The van der Waals surface area contributed by atoms with Crippen molar-refractivity contribution in [1.82, 2.24) is 4.90 Å². The Morgan fingerprint density at radius 1 is 1.42 bits per heavy atom. The van der Waals surface area contributed by atoms with Gasteiger partial charge in [-0.25, -0.2) is 0 Å². The molecule has 0 aliphatic heterocycles. The molecule has 19 heavy (non-hydrogen) atoms. The molecule has 0 saturated carbocycles. The molecular formula is C12H12BrClF3NO. The second kappa shape index (κ2) is 6.61. The number of carbonyl (C=O) groups is 1. The number of halogens is 5. The Morgan fingerprint density at radius 2 is 2.05 bits per heavy atom. The normalized spacial score (nSPS) is 11.5. The van der Waals surface area contributed by atoms with Crippen LogP contribution in [-0.2, 0) is 0 Å². The number of rotatable bonds is 4. The van der Waals surface area contributed by atoms with Gasteiger partial charge in [-0.15, -0.1) is 0 Å². The number of alkyl halides is 4. The summed E-state index contributed by atoms with van der Waals surface area (Å²) in [7, 11) is 0. The molecule has 0 bridgehead atoms. The summed E-state index contributed by atoms with van der Waals surface area (Å²) in [6.45, 7) is 0.454. The largest absolute Gasteiger partial charge is 0.406 e. The topological polar surface area (TPSA) is 20.3 Å². The highest BCUT2D eigenvalue weighted by Crippen LogP contribution is 2.21. The highest BCUT2D eigenvalue weighted by atomic mass is 79.9. The molecule has 0 aromatic heterocycles. The summed E-state index contributed by atoms with van der Waals surface area (Å²) in [6.07, 6.45) is -4.42. The molecular weight excluding hydrogens is 346 g/mol. The fraction of sp³-hybridized carbons (Fsp3) is 0.417. The van der Waals surface area contributed by atoms with Gasteiger partial charge in [0.25, 0.3) is 5.91 Å². The average Bonchev–Trinajstić information content (AvgIpc) is 2.29. The van der Waals surface area contributed by atoms with E-state index < -0.39 is 18.6 Å². The van der Waals surface area contributed by atoms with E-state index in [-0.39, 0.29) is 17.4 Å². The summed E-state index contributed by atoms with van der Waals surface area (Å²) < 4.78 is 37.2. The highest BCUT2D eigenvalue weighted by Gasteiger charge is 2.33. The van der Waals surface area contributed by atoms with E-state index in [0.29, 0.717) is 5.02 Å². The summed E-state index contributed by atoms with van der Waals surface area (Å²) in [4.78, 5) is 12.8. The van der Waals surface area contributed by atoms with Crippen molar-refractivity contribution in [2.45, 2.75) is 13.1 Å². The Labute approximate surface area is 122 Å². The van der Waals surface area contributed by atoms with Crippen LogP contribution in [0.1, 0.15) is 15.9 Å². The van der Waals surface area contributed by atoms with E-state index in [4.69, 9.17) is 11.6 Å². The monoisotopic (exact) mass is 357 g/mol. The SMILES string of the molecule is Cc1ccc(C(=O)N(CCBr)CC(F)(F)F)cc1Cl. The molecule has 1 aromatic carbocycles. The van der Waals surface area contributed by atoms with E-state index in [0.717, 1.165) is 10.5 Å². The van der Waals surface area contributed by atoms with Crippen LogP contribution in [0, 0.1) is 6.92 Å². The maximum atomic E-state index is 12.4. The van der Waals surface area contributed by atoms with Gasteiger partial charge in [0.2, 0.25) is 0 Å². The number of aryl methyl sites for hydroxylation is 1. The minimum Gasteiger partial charge on any atom is -0.329 e. The van der Waals surface area contributed by atoms with Crippen LogP contribution < -0.4 is 0 Å². The number of hydrogen-bond donors (Lipinski definition) is 0. The molecule has 106 valence electrons. The van der Waals surface area contributed by atoms with Crippen molar-refractivity contribution in [2.24, 2.45) is 0 Å². The van der Waals surface area contributed by atoms with Crippen molar-refractivity contribution in [1.29, 1.82) is 0 Å². The first-order chi connectivity index (χ1) is 8.74. The third kappa shape index (κ3) is 5.03. The Hall–Kier alpha value is -0.750. The van der Waals surface area contributed by atoms with Gasteiger partial charge >= 0.3 is 6.18 Å². The van der Waals surface area contributed by atoms with E-state index in [2.05, 4.69) is 15.9 Å². The third-order valence-corrected chi connectivity index (χ3v) is 3.19. The van der Waals surface area contributed by atoms with Crippen LogP contribution in [0.4, 0.5) is 13.2 Å². The zero-order valence-corrected chi connectivity index (χ0v) is 12.4. The molecule has 0 saturated heterocycles. The maximum absolute atomic E-state index is 12.4. The molecule has 0 spiro atoms. The lowest BCUT2D eigenvalue weighted by molar-refractivity contribution is -0.140. The first kappa shape index (κ1) is 16.3. The van der Waals surface area contributed by atoms with Crippen LogP contribution in [0.25, 0.3) is 0 Å². The van der Waals surface area contributed by atoms with Gasteiger partial charge in [-0.05, 0) is 24.6 Å². The van der Waals surface area contributed by atoms with Crippen molar-refractivity contribution in [3.8, 4) is 0 Å².